The highest BCUT2D eigenvalue weighted by Gasteiger charge is 2.19. The number of hydrogen-bond acceptors (Lipinski definition) is 3. The average Bonchev–Trinajstić information content (AvgIpc) is 3.26. The molecule has 0 unspecified atom stereocenters. The van der Waals surface area contributed by atoms with Crippen molar-refractivity contribution in [3.8, 4) is 6.07 Å². The molecule has 0 aliphatic heterocycles. The first-order valence-corrected chi connectivity index (χ1v) is 9.84. The number of unbranched alkanes of at least 4 members (excludes halogenated alkanes) is 1. The highest BCUT2D eigenvalue weighted by atomic mass is 32.2. The van der Waals surface area contributed by atoms with Gasteiger partial charge in [-0.2, -0.15) is 5.26 Å². The Kier molecular flexibility index (Phi) is 4.02. The van der Waals surface area contributed by atoms with E-state index < -0.39 is 10.0 Å². The summed E-state index contributed by atoms with van der Waals surface area (Å²) in [6, 6.07) is 18.2. The van der Waals surface area contributed by atoms with Crippen LogP contribution in [0.15, 0.2) is 65.7 Å². The molecule has 4 aromatic rings. The van der Waals surface area contributed by atoms with E-state index in [9.17, 15) is 8.42 Å². The van der Waals surface area contributed by atoms with E-state index in [1.165, 1.54) is 3.97 Å². The van der Waals surface area contributed by atoms with Crippen molar-refractivity contribution < 1.29 is 8.42 Å². The fraction of sp³-hybridized carbons (Fsp3) is 0.150. The summed E-state index contributed by atoms with van der Waals surface area (Å²) in [6.07, 6.45) is 3.73. The van der Waals surface area contributed by atoms with Gasteiger partial charge in [0.05, 0.1) is 16.5 Å². The van der Waals surface area contributed by atoms with Crippen molar-refractivity contribution in [1.82, 2.24) is 8.96 Å². The molecule has 0 saturated carbocycles. The minimum absolute atomic E-state index is 0.267. The SMILES string of the molecule is N#CCCCc1cc2c(ccc3c2ccn3S(=O)(=O)c2ccccc2)[nH]1. The molecule has 130 valence electrons. The molecular formula is C20H17N3O2S. The Hall–Kier alpha value is -3.04. The fourth-order valence-corrected chi connectivity index (χ4v) is 4.64. The van der Waals surface area contributed by atoms with Crippen LogP contribution in [0.1, 0.15) is 18.5 Å². The van der Waals surface area contributed by atoms with Crippen LogP contribution in [-0.2, 0) is 16.4 Å². The van der Waals surface area contributed by atoms with Gasteiger partial charge in [-0.25, -0.2) is 12.4 Å². The molecule has 0 aliphatic rings. The van der Waals surface area contributed by atoms with E-state index >= 15 is 0 Å². The minimum Gasteiger partial charge on any atom is -0.358 e. The maximum atomic E-state index is 12.9. The van der Waals surface area contributed by atoms with Crippen LogP contribution in [-0.4, -0.2) is 17.4 Å². The number of H-pyrrole nitrogens is 1. The van der Waals surface area contributed by atoms with Gasteiger partial charge >= 0.3 is 0 Å². The monoisotopic (exact) mass is 363 g/mol. The van der Waals surface area contributed by atoms with Crippen LogP contribution >= 0.6 is 0 Å². The van der Waals surface area contributed by atoms with Crippen LogP contribution in [0.25, 0.3) is 21.8 Å². The van der Waals surface area contributed by atoms with Gasteiger partial charge in [-0.05, 0) is 49.2 Å². The lowest BCUT2D eigenvalue weighted by atomic mass is 10.1. The first-order chi connectivity index (χ1) is 12.6. The molecule has 26 heavy (non-hydrogen) atoms. The van der Waals surface area contributed by atoms with Crippen LogP contribution in [0, 0.1) is 11.3 Å². The topological polar surface area (TPSA) is 78.7 Å². The average molecular weight is 363 g/mol. The van der Waals surface area contributed by atoms with Gasteiger partial charge in [-0.15, -0.1) is 0 Å². The molecule has 0 radical (unpaired) electrons. The van der Waals surface area contributed by atoms with Crippen LogP contribution < -0.4 is 0 Å². The number of aromatic amines is 1. The minimum atomic E-state index is -3.63. The lowest BCUT2D eigenvalue weighted by Crippen LogP contribution is -2.11. The van der Waals surface area contributed by atoms with Crippen LogP contribution in [0.5, 0.6) is 0 Å². The number of rotatable bonds is 5. The van der Waals surface area contributed by atoms with E-state index in [0.717, 1.165) is 34.8 Å². The van der Waals surface area contributed by atoms with Crippen molar-refractivity contribution in [2.24, 2.45) is 0 Å². The van der Waals surface area contributed by atoms with Gasteiger partial charge in [-0.3, -0.25) is 0 Å². The Balaban J connectivity index is 1.82. The van der Waals surface area contributed by atoms with Crippen LogP contribution in [0.4, 0.5) is 0 Å². The van der Waals surface area contributed by atoms with E-state index in [0.29, 0.717) is 11.9 Å². The number of nitrogens with zero attached hydrogens (tertiary/aromatic N) is 2. The quantitative estimate of drug-likeness (QED) is 0.540. The summed E-state index contributed by atoms with van der Waals surface area (Å²) < 4.78 is 27.2. The molecule has 1 N–H and O–H groups in total. The maximum Gasteiger partial charge on any atom is 0.268 e. The maximum absolute atomic E-state index is 12.9. The summed E-state index contributed by atoms with van der Waals surface area (Å²) in [5.41, 5.74) is 2.68. The summed E-state index contributed by atoms with van der Waals surface area (Å²) in [6.45, 7) is 0. The second-order valence-electron chi connectivity index (χ2n) is 6.20. The molecule has 2 heterocycles. The van der Waals surface area contributed by atoms with Crippen molar-refractivity contribution >= 4 is 31.8 Å². The molecule has 6 heteroatoms. The Morgan fingerprint density at radius 3 is 2.62 bits per heavy atom. The van der Waals surface area contributed by atoms with Crippen molar-refractivity contribution in [1.29, 1.82) is 5.26 Å². The molecule has 4 rings (SSSR count). The molecule has 0 bridgehead atoms. The van der Waals surface area contributed by atoms with Crippen molar-refractivity contribution in [2.75, 3.05) is 0 Å². The highest BCUT2D eigenvalue weighted by molar-refractivity contribution is 7.90. The number of nitrogens with one attached hydrogen (secondary N) is 1. The zero-order valence-corrected chi connectivity index (χ0v) is 14.8. The molecule has 0 fully saturated rings. The lowest BCUT2D eigenvalue weighted by molar-refractivity contribution is 0.589. The zero-order chi connectivity index (χ0) is 18.1. The Labute approximate surface area is 151 Å². The molecule has 0 atom stereocenters. The highest BCUT2D eigenvalue weighted by Crippen LogP contribution is 2.29. The van der Waals surface area contributed by atoms with Crippen molar-refractivity contribution in [3.05, 3.63) is 66.5 Å². The van der Waals surface area contributed by atoms with Gasteiger partial charge in [0.1, 0.15) is 0 Å². The van der Waals surface area contributed by atoms with E-state index in [1.807, 2.05) is 18.2 Å². The van der Waals surface area contributed by atoms with E-state index in [2.05, 4.69) is 17.1 Å². The van der Waals surface area contributed by atoms with E-state index in [1.54, 1.807) is 36.5 Å². The third-order valence-electron chi connectivity index (χ3n) is 4.53. The summed E-state index contributed by atoms with van der Waals surface area (Å²) in [4.78, 5) is 3.63. The predicted molar refractivity (Wildman–Crippen MR) is 101 cm³/mol. The number of benzene rings is 2. The molecule has 0 amide bonds. The Morgan fingerprint density at radius 2 is 1.85 bits per heavy atom. The van der Waals surface area contributed by atoms with Gasteiger partial charge in [0.15, 0.2) is 0 Å². The molecule has 0 saturated heterocycles. The van der Waals surface area contributed by atoms with Gasteiger partial charge in [0.25, 0.3) is 10.0 Å². The molecule has 2 aromatic heterocycles. The summed E-state index contributed by atoms with van der Waals surface area (Å²) in [5.74, 6) is 0. The van der Waals surface area contributed by atoms with Crippen molar-refractivity contribution in [2.45, 2.75) is 24.2 Å². The standard InChI is InChI=1S/C20H17N3O2S/c21-12-5-4-6-15-14-18-17-11-13-23(20(17)10-9-19(18)22-15)26(24,25)16-7-2-1-3-8-16/h1-3,7-11,13-14,22H,4-6H2. The second kappa shape index (κ2) is 6.36. The van der Waals surface area contributed by atoms with Gasteiger partial charge < -0.3 is 4.98 Å². The molecule has 0 spiro atoms. The molecule has 2 aromatic carbocycles. The Morgan fingerprint density at radius 1 is 1.04 bits per heavy atom. The third-order valence-corrected chi connectivity index (χ3v) is 6.23. The van der Waals surface area contributed by atoms with Gasteiger partial charge in [0, 0.05) is 34.6 Å². The van der Waals surface area contributed by atoms with Crippen molar-refractivity contribution in [3.63, 3.8) is 0 Å². The van der Waals surface area contributed by atoms with Gasteiger partial charge in [-0.1, -0.05) is 18.2 Å². The summed E-state index contributed by atoms with van der Waals surface area (Å²) in [7, 11) is -3.63. The molecule has 5 nitrogen and oxygen atoms in total. The number of aryl methyl sites for hydroxylation is 1. The van der Waals surface area contributed by atoms with E-state index in [-0.39, 0.29) is 4.90 Å². The first kappa shape index (κ1) is 16.4. The second-order valence-corrected chi connectivity index (χ2v) is 8.01. The predicted octanol–water partition coefficient (Wildman–Crippen LogP) is 4.21. The van der Waals surface area contributed by atoms with Gasteiger partial charge in [0.2, 0.25) is 0 Å². The molecule has 0 aliphatic carbocycles. The summed E-state index contributed by atoms with van der Waals surface area (Å²) >= 11 is 0. The Bertz CT molecular complexity index is 1230. The number of nitriles is 1. The fourth-order valence-electron chi connectivity index (χ4n) is 3.27. The third kappa shape index (κ3) is 2.67. The largest absolute Gasteiger partial charge is 0.358 e. The smallest absolute Gasteiger partial charge is 0.268 e. The number of fused-ring (bicyclic) bond motifs is 3. The lowest BCUT2D eigenvalue weighted by Gasteiger charge is -2.07. The molecular weight excluding hydrogens is 346 g/mol. The van der Waals surface area contributed by atoms with Crippen LogP contribution in [0.2, 0.25) is 0 Å². The zero-order valence-electron chi connectivity index (χ0n) is 14.0. The van der Waals surface area contributed by atoms with Crippen LogP contribution in [0.3, 0.4) is 0 Å². The number of aromatic nitrogens is 2. The summed E-state index contributed by atoms with van der Waals surface area (Å²) in [5, 5.41) is 10.6. The number of hydrogen-bond donors (Lipinski definition) is 1. The normalized spacial score (nSPS) is 11.8. The van der Waals surface area contributed by atoms with E-state index in [4.69, 9.17) is 5.26 Å². The first-order valence-electron chi connectivity index (χ1n) is 8.40.